The second kappa shape index (κ2) is 5.11. The molecule has 0 atom stereocenters. The molecule has 3 heteroatoms. The summed E-state index contributed by atoms with van der Waals surface area (Å²) < 4.78 is 5.86. The van der Waals surface area contributed by atoms with Crippen molar-refractivity contribution in [2.75, 3.05) is 24.6 Å². The van der Waals surface area contributed by atoms with Gasteiger partial charge in [0.05, 0.1) is 0 Å². The second-order valence-electron chi connectivity index (χ2n) is 3.94. The molecule has 0 aliphatic rings. The van der Waals surface area contributed by atoms with Crippen LogP contribution in [0, 0.1) is 0 Å². The van der Waals surface area contributed by atoms with Crippen molar-refractivity contribution in [3.63, 3.8) is 0 Å². The summed E-state index contributed by atoms with van der Waals surface area (Å²) in [4.78, 5) is 11.5. The van der Waals surface area contributed by atoms with E-state index in [1.165, 1.54) is 0 Å². The van der Waals surface area contributed by atoms with Crippen LogP contribution in [0.1, 0.15) is 41.0 Å². The van der Waals surface area contributed by atoms with Crippen molar-refractivity contribution in [3.8, 4) is 0 Å². The summed E-state index contributed by atoms with van der Waals surface area (Å²) in [6.07, 6.45) is 4.61. The van der Waals surface area contributed by atoms with Gasteiger partial charge in [0.15, 0.2) is 0 Å². The van der Waals surface area contributed by atoms with Crippen molar-refractivity contribution in [1.82, 2.24) is 0 Å². The second-order valence-corrected chi connectivity index (χ2v) is 10.4. The van der Waals surface area contributed by atoms with Crippen molar-refractivity contribution in [2.24, 2.45) is 0 Å². The van der Waals surface area contributed by atoms with Crippen LogP contribution in [0.15, 0.2) is 0 Å². The van der Waals surface area contributed by atoms with Crippen LogP contribution in [0.5, 0.6) is 0 Å². The summed E-state index contributed by atoms with van der Waals surface area (Å²) >= 11 is 0. The predicted molar refractivity (Wildman–Crippen MR) is 65.5 cm³/mol. The number of carbonyl (C=O) groups is 1. The van der Waals surface area contributed by atoms with E-state index in [9.17, 15) is 4.79 Å². The van der Waals surface area contributed by atoms with Crippen molar-refractivity contribution in [3.05, 3.63) is 0 Å². The first kappa shape index (κ1) is 13.9. The Hall–Kier alpha value is -0.100. The molecule has 0 saturated heterocycles. The standard InChI is InChI=1S/C11H25O2P/c1-6-11(12)13-14(7-2,8-3,9-4)10-5/h6-10H2,1-5H3. The van der Waals surface area contributed by atoms with Crippen LogP contribution in [0.3, 0.4) is 0 Å². The van der Waals surface area contributed by atoms with Gasteiger partial charge >= 0.3 is 87.8 Å². The normalized spacial score (nSPS) is 14.5. The van der Waals surface area contributed by atoms with Gasteiger partial charge < -0.3 is 0 Å². The van der Waals surface area contributed by atoms with Gasteiger partial charge in [0.2, 0.25) is 0 Å². The van der Waals surface area contributed by atoms with E-state index in [-0.39, 0.29) is 5.97 Å². The first-order chi connectivity index (χ1) is 6.51. The monoisotopic (exact) mass is 220 g/mol. The van der Waals surface area contributed by atoms with Crippen molar-refractivity contribution in [2.45, 2.75) is 41.0 Å². The fourth-order valence-corrected chi connectivity index (χ4v) is 5.86. The van der Waals surface area contributed by atoms with Crippen LogP contribution in [0.25, 0.3) is 0 Å². The third kappa shape index (κ3) is 2.48. The average Bonchev–Trinajstić information content (AvgIpc) is 2.27. The van der Waals surface area contributed by atoms with Gasteiger partial charge in [-0.15, -0.1) is 0 Å². The molecular formula is C11H25O2P. The maximum absolute atomic E-state index is 11.5. The molecule has 0 rings (SSSR count). The van der Waals surface area contributed by atoms with E-state index >= 15 is 0 Å². The van der Waals surface area contributed by atoms with Crippen LogP contribution < -0.4 is 0 Å². The van der Waals surface area contributed by atoms with Crippen LogP contribution in [0.2, 0.25) is 0 Å². The molecule has 0 bridgehead atoms. The Morgan fingerprint density at radius 3 is 1.50 bits per heavy atom. The van der Waals surface area contributed by atoms with Gasteiger partial charge in [-0.1, -0.05) is 0 Å². The van der Waals surface area contributed by atoms with Gasteiger partial charge in [0.1, 0.15) is 0 Å². The predicted octanol–water partition coefficient (Wildman–Crippen LogP) is 3.49. The van der Waals surface area contributed by atoms with Gasteiger partial charge in [-0.2, -0.15) is 0 Å². The van der Waals surface area contributed by atoms with E-state index in [0.717, 1.165) is 24.6 Å². The minimum absolute atomic E-state index is 0.0185. The molecule has 0 aromatic heterocycles. The molecule has 0 radical (unpaired) electrons. The van der Waals surface area contributed by atoms with E-state index in [4.69, 9.17) is 4.52 Å². The van der Waals surface area contributed by atoms with Crippen molar-refractivity contribution in [1.29, 1.82) is 0 Å². The molecular weight excluding hydrogens is 195 g/mol. The molecule has 0 spiro atoms. The van der Waals surface area contributed by atoms with Crippen molar-refractivity contribution >= 4 is 12.8 Å². The molecule has 0 aliphatic carbocycles. The molecule has 0 heterocycles. The Balaban J connectivity index is 4.93. The Bertz CT molecular complexity index is 174. The summed E-state index contributed by atoms with van der Waals surface area (Å²) in [5.41, 5.74) is 0. The molecule has 0 aromatic carbocycles. The Labute approximate surface area is 88.4 Å². The first-order valence-corrected chi connectivity index (χ1v) is 8.64. The molecule has 0 amide bonds. The maximum atomic E-state index is 11.5. The van der Waals surface area contributed by atoms with E-state index in [1.54, 1.807) is 0 Å². The van der Waals surface area contributed by atoms with Gasteiger partial charge in [-0.25, -0.2) is 0 Å². The fraction of sp³-hybridized carbons (Fsp3) is 0.909. The summed E-state index contributed by atoms with van der Waals surface area (Å²) in [6, 6.07) is 0. The zero-order valence-corrected chi connectivity index (χ0v) is 11.2. The fourth-order valence-electron chi connectivity index (χ4n) is 1.95. The average molecular weight is 220 g/mol. The SMILES string of the molecule is CCC(=O)OP(CC)(CC)(CC)CC. The molecule has 14 heavy (non-hydrogen) atoms. The third-order valence-electron chi connectivity index (χ3n) is 3.85. The molecule has 0 fully saturated rings. The van der Waals surface area contributed by atoms with Crippen LogP contribution in [0.4, 0.5) is 0 Å². The quantitative estimate of drug-likeness (QED) is 0.640. The van der Waals surface area contributed by atoms with E-state index < -0.39 is 6.83 Å². The zero-order chi connectivity index (χ0) is 11.3. The van der Waals surface area contributed by atoms with E-state index in [2.05, 4.69) is 27.7 Å². The van der Waals surface area contributed by atoms with E-state index in [1.807, 2.05) is 6.92 Å². The van der Waals surface area contributed by atoms with Crippen LogP contribution in [-0.4, -0.2) is 30.6 Å². The van der Waals surface area contributed by atoms with Gasteiger partial charge in [-0.3, -0.25) is 0 Å². The molecule has 2 nitrogen and oxygen atoms in total. The Morgan fingerprint density at radius 1 is 0.929 bits per heavy atom. The molecule has 0 aromatic rings. The molecule has 0 saturated carbocycles. The number of hydrogen-bond donors (Lipinski definition) is 0. The van der Waals surface area contributed by atoms with Gasteiger partial charge in [0, 0.05) is 0 Å². The summed E-state index contributed by atoms with van der Waals surface area (Å²) in [5, 5.41) is 0. The molecule has 0 N–H and O–H groups in total. The van der Waals surface area contributed by atoms with Gasteiger partial charge in [-0.05, 0) is 0 Å². The van der Waals surface area contributed by atoms with Crippen LogP contribution >= 0.6 is 6.83 Å². The Morgan fingerprint density at radius 2 is 1.29 bits per heavy atom. The molecule has 0 aliphatic heterocycles. The summed E-state index contributed by atoms with van der Waals surface area (Å²) in [7, 11) is 0. The topological polar surface area (TPSA) is 26.3 Å². The number of carbonyl (C=O) groups excluding carboxylic acids is 1. The zero-order valence-electron chi connectivity index (χ0n) is 10.3. The Kier molecular flexibility index (Phi) is 5.08. The van der Waals surface area contributed by atoms with E-state index in [0.29, 0.717) is 6.42 Å². The van der Waals surface area contributed by atoms with Crippen molar-refractivity contribution < 1.29 is 9.32 Å². The molecule has 0 unspecified atom stereocenters. The molecule has 86 valence electrons. The first-order valence-electron chi connectivity index (χ1n) is 5.74. The minimum atomic E-state index is -2.15. The number of rotatable bonds is 6. The third-order valence-corrected chi connectivity index (χ3v) is 11.0. The summed E-state index contributed by atoms with van der Waals surface area (Å²) in [6.45, 7) is 8.38. The van der Waals surface area contributed by atoms with Gasteiger partial charge in [0.25, 0.3) is 0 Å². The number of hydrogen-bond acceptors (Lipinski definition) is 2. The summed E-state index contributed by atoms with van der Waals surface area (Å²) in [5.74, 6) is -0.0185. The van der Waals surface area contributed by atoms with Crippen LogP contribution in [-0.2, 0) is 9.32 Å².